The van der Waals surface area contributed by atoms with E-state index in [9.17, 15) is 28.8 Å². The second-order valence-corrected chi connectivity index (χ2v) is 8.11. The van der Waals surface area contributed by atoms with Gasteiger partial charge in [-0.25, -0.2) is 0 Å². The van der Waals surface area contributed by atoms with Gasteiger partial charge in [0.25, 0.3) is 10.1 Å². The number of aliphatic hydroxyl groups excluding tert-OH is 2. The highest BCUT2D eigenvalue weighted by Crippen LogP contribution is 2.44. The fourth-order valence-corrected chi connectivity index (χ4v) is 3.70. The van der Waals surface area contributed by atoms with Crippen molar-refractivity contribution < 1.29 is 33.0 Å². The number of fused-ring (bicyclic) bond motifs is 1. The minimum atomic E-state index is -3.55. The molecular formula is C16H23N3O7S. The third-order valence-electron chi connectivity index (χ3n) is 4.50. The van der Waals surface area contributed by atoms with Gasteiger partial charge >= 0.3 is 0 Å². The number of aliphatic hydroxyl groups is 2. The average Bonchev–Trinajstić information content (AvgIpc) is 2.83. The van der Waals surface area contributed by atoms with E-state index >= 15 is 0 Å². The van der Waals surface area contributed by atoms with Crippen LogP contribution in [-0.4, -0.2) is 65.3 Å². The normalized spacial score (nSPS) is 23.6. The summed E-state index contributed by atoms with van der Waals surface area (Å²) >= 11 is 0. The zero-order chi connectivity index (χ0) is 19.8. The summed E-state index contributed by atoms with van der Waals surface area (Å²) in [5.41, 5.74) is 0.481. The third-order valence-corrected chi connectivity index (χ3v) is 5.09. The van der Waals surface area contributed by atoms with Crippen molar-refractivity contribution in [3.8, 4) is 11.8 Å². The number of hydrogen-bond donors (Lipinski definition) is 6. The maximum atomic E-state index is 11.0. The molecular weight excluding hydrogens is 378 g/mol. The largest absolute Gasteiger partial charge is 0.494 e. The number of nitrogens with one attached hydrogen (secondary N) is 2. The highest BCUT2D eigenvalue weighted by Gasteiger charge is 2.33. The molecule has 0 spiro atoms. The summed E-state index contributed by atoms with van der Waals surface area (Å²) in [6, 6.07) is 4.30. The summed E-state index contributed by atoms with van der Waals surface area (Å²) in [6.07, 6.45) is -0.339. The van der Waals surface area contributed by atoms with Crippen LogP contribution in [0.3, 0.4) is 0 Å². The summed E-state index contributed by atoms with van der Waals surface area (Å²) in [5, 5.41) is 47.3. The van der Waals surface area contributed by atoms with Crippen LogP contribution in [0.2, 0.25) is 0 Å². The molecule has 1 aromatic heterocycles. The molecule has 150 valence electrons. The Morgan fingerprint density at radius 3 is 2.67 bits per heavy atom. The van der Waals surface area contributed by atoms with Crippen LogP contribution in [0.25, 0.3) is 10.8 Å². The molecule has 0 saturated carbocycles. The van der Waals surface area contributed by atoms with E-state index in [-0.39, 0.29) is 24.9 Å². The molecule has 11 heteroatoms. The number of piperidine rings is 1. The summed E-state index contributed by atoms with van der Waals surface area (Å²) in [7, 11) is -3.55. The number of nitrogens with zero attached hydrogens (tertiary/aromatic N) is 1. The first-order valence-electron chi connectivity index (χ1n) is 8.44. The molecule has 1 aliphatic heterocycles. The number of anilines is 1. The molecule has 3 atom stereocenters. The molecule has 2 heterocycles. The minimum absolute atomic E-state index is 0.0914. The van der Waals surface area contributed by atoms with Gasteiger partial charge in [-0.2, -0.15) is 8.42 Å². The molecule has 0 bridgehead atoms. The number of aromatic nitrogens is 1. The lowest BCUT2D eigenvalue weighted by Crippen LogP contribution is -2.47. The first kappa shape index (κ1) is 19.7. The second-order valence-electron chi connectivity index (χ2n) is 6.47. The highest BCUT2D eigenvalue weighted by atomic mass is 32.2. The van der Waals surface area contributed by atoms with Gasteiger partial charge < -0.3 is 25.7 Å². The average molecular weight is 401 g/mol. The molecule has 3 unspecified atom stereocenters. The Hall–Kier alpha value is -2.05. The summed E-state index contributed by atoms with van der Waals surface area (Å²) in [6.45, 7) is 0.0726. The SMILES string of the molecule is CS(=O)(=O)OCCNc1cccc2c(O)n(C3CCC(O)NC3O)c(O)c12. The molecule has 1 saturated heterocycles. The lowest BCUT2D eigenvalue weighted by Gasteiger charge is -2.33. The summed E-state index contributed by atoms with van der Waals surface area (Å²) in [4.78, 5) is 0. The zero-order valence-electron chi connectivity index (χ0n) is 14.7. The molecule has 0 aliphatic carbocycles. The molecule has 0 amide bonds. The van der Waals surface area contributed by atoms with Gasteiger partial charge in [0, 0.05) is 17.6 Å². The van der Waals surface area contributed by atoms with E-state index in [0.717, 1.165) is 6.26 Å². The van der Waals surface area contributed by atoms with E-state index in [2.05, 4.69) is 14.8 Å². The highest BCUT2D eigenvalue weighted by molar-refractivity contribution is 7.85. The van der Waals surface area contributed by atoms with Crippen molar-refractivity contribution in [1.29, 1.82) is 0 Å². The fourth-order valence-electron chi connectivity index (χ4n) is 3.32. The molecule has 10 nitrogen and oxygen atoms in total. The quantitative estimate of drug-likeness (QED) is 0.290. The van der Waals surface area contributed by atoms with Gasteiger partial charge in [-0.3, -0.25) is 14.1 Å². The Balaban J connectivity index is 1.90. The van der Waals surface area contributed by atoms with Gasteiger partial charge in [0.15, 0.2) is 0 Å². The fraction of sp³-hybridized carbons (Fsp3) is 0.500. The Labute approximate surface area is 156 Å². The Kier molecular flexibility index (Phi) is 5.49. The lowest BCUT2D eigenvalue weighted by molar-refractivity contribution is -0.0305. The van der Waals surface area contributed by atoms with E-state index in [1.54, 1.807) is 18.2 Å². The van der Waals surface area contributed by atoms with Gasteiger partial charge in [0.1, 0.15) is 12.5 Å². The van der Waals surface area contributed by atoms with Crippen LogP contribution in [0.15, 0.2) is 18.2 Å². The number of hydrogen-bond acceptors (Lipinski definition) is 9. The van der Waals surface area contributed by atoms with Crippen LogP contribution in [0.1, 0.15) is 18.9 Å². The van der Waals surface area contributed by atoms with E-state index in [4.69, 9.17) is 0 Å². The molecule has 27 heavy (non-hydrogen) atoms. The van der Waals surface area contributed by atoms with E-state index in [1.807, 2.05) is 0 Å². The van der Waals surface area contributed by atoms with E-state index in [0.29, 0.717) is 29.3 Å². The summed E-state index contributed by atoms with van der Waals surface area (Å²) < 4.78 is 27.9. The van der Waals surface area contributed by atoms with Crippen molar-refractivity contribution in [1.82, 2.24) is 9.88 Å². The summed E-state index contributed by atoms with van der Waals surface area (Å²) in [5.74, 6) is -0.447. The van der Waals surface area contributed by atoms with Crippen LogP contribution in [0.4, 0.5) is 5.69 Å². The minimum Gasteiger partial charge on any atom is -0.494 e. The van der Waals surface area contributed by atoms with Crippen molar-refractivity contribution >= 4 is 26.6 Å². The lowest BCUT2D eigenvalue weighted by atomic mass is 10.0. The molecule has 2 aromatic rings. The van der Waals surface area contributed by atoms with E-state index in [1.165, 1.54) is 4.57 Å². The topological polar surface area (TPSA) is 153 Å². The van der Waals surface area contributed by atoms with Crippen LogP contribution < -0.4 is 10.6 Å². The van der Waals surface area contributed by atoms with Crippen LogP contribution in [-0.2, 0) is 14.3 Å². The smallest absolute Gasteiger partial charge is 0.264 e. The van der Waals surface area contributed by atoms with Crippen LogP contribution in [0, 0.1) is 0 Å². The standard InChI is InChI=1S/C16H23N3O7S/c1-27(24,25)26-8-7-17-10-4-2-3-9-13(10)16(23)19(15(9)22)11-5-6-12(20)18-14(11)21/h2-4,11-12,14,17-18,20-23H,5-8H2,1H3. The third kappa shape index (κ3) is 4.12. The molecule has 0 radical (unpaired) electrons. The molecule has 3 rings (SSSR count). The molecule has 1 aliphatic rings. The van der Waals surface area contributed by atoms with Crippen LogP contribution in [0.5, 0.6) is 11.8 Å². The maximum Gasteiger partial charge on any atom is 0.264 e. The number of benzene rings is 1. The van der Waals surface area contributed by atoms with Gasteiger partial charge in [0.2, 0.25) is 11.8 Å². The van der Waals surface area contributed by atoms with E-state index < -0.39 is 28.6 Å². The number of aromatic hydroxyl groups is 2. The second kappa shape index (κ2) is 7.52. The Morgan fingerprint density at radius 1 is 1.26 bits per heavy atom. The Bertz CT molecular complexity index is 928. The van der Waals surface area contributed by atoms with Gasteiger partial charge in [-0.1, -0.05) is 6.07 Å². The monoisotopic (exact) mass is 401 g/mol. The molecule has 6 N–H and O–H groups in total. The van der Waals surface area contributed by atoms with Gasteiger partial charge in [-0.15, -0.1) is 0 Å². The van der Waals surface area contributed by atoms with Crippen molar-refractivity contribution in [3.05, 3.63) is 18.2 Å². The van der Waals surface area contributed by atoms with Crippen molar-refractivity contribution in [3.63, 3.8) is 0 Å². The first-order valence-corrected chi connectivity index (χ1v) is 10.3. The molecule has 1 aromatic carbocycles. The van der Waals surface area contributed by atoms with Crippen LogP contribution >= 0.6 is 0 Å². The number of rotatable bonds is 6. The van der Waals surface area contributed by atoms with Gasteiger partial charge in [-0.05, 0) is 25.0 Å². The first-order chi connectivity index (χ1) is 12.7. The molecule has 1 fully saturated rings. The van der Waals surface area contributed by atoms with Gasteiger partial charge in [0.05, 0.1) is 24.3 Å². The predicted octanol–water partition coefficient (Wildman–Crippen LogP) is 0.00190. The van der Waals surface area contributed by atoms with Crippen molar-refractivity contribution in [2.24, 2.45) is 0 Å². The Morgan fingerprint density at radius 2 is 2.00 bits per heavy atom. The predicted molar refractivity (Wildman–Crippen MR) is 98.0 cm³/mol. The maximum absolute atomic E-state index is 11.0. The van der Waals surface area contributed by atoms with Crippen molar-refractivity contribution in [2.75, 3.05) is 24.7 Å². The zero-order valence-corrected chi connectivity index (χ0v) is 15.5. The van der Waals surface area contributed by atoms with Crippen molar-refractivity contribution in [2.45, 2.75) is 31.3 Å².